The van der Waals surface area contributed by atoms with Crippen LogP contribution in [0.1, 0.15) is 148 Å². The molecule has 0 saturated carbocycles. The molecule has 1 aromatic carbocycles. The van der Waals surface area contributed by atoms with Gasteiger partial charge in [0.1, 0.15) is 0 Å². The number of hydrogen-bond acceptors (Lipinski definition) is 0. The average Bonchev–Trinajstić information content (AvgIpc) is 2.87. The molecule has 1 heteroatoms. The Labute approximate surface area is 216 Å². The van der Waals surface area contributed by atoms with Crippen LogP contribution in [0, 0.1) is 0 Å². The summed E-state index contributed by atoms with van der Waals surface area (Å²) in [6, 6.07) is 9.68. The smallest absolute Gasteiger partial charge is 0.0939 e. The Kier molecular flexibility index (Phi) is 20.0. The summed E-state index contributed by atoms with van der Waals surface area (Å²) in [6.07, 6.45) is 33.6. The normalized spacial score (nSPS) is 11.7. The molecule has 0 heterocycles. The van der Waals surface area contributed by atoms with E-state index in [4.69, 9.17) is 0 Å². The first-order valence-electron chi connectivity index (χ1n) is 15.3. The van der Waals surface area contributed by atoms with Crippen LogP contribution >= 0.6 is 7.26 Å². The van der Waals surface area contributed by atoms with E-state index in [1.54, 1.807) is 5.30 Å². The minimum Gasteiger partial charge on any atom is -0.0985 e. The summed E-state index contributed by atoms with van der Waals surface area (Å²) >= 11 is 0. The lowest BCUT2D eigenvalue weighted by Crippen LogP contribution is -2.21. The van der Waals surface area contributed by atoms with E-state index in [0.29, 0.717) is 0 Å². The summed E-state index contributed by atoms with van der Waals surface area (Å²) in [4.78, 5) is 0. The molecule has 0 unspecified atom stereocenters. The zero-order chi connectivity index (χ0) is 24.7. The second-order valence-electron chi connectivity index (χ2n) is 10.8. The Bertz CT molecular complexity index is 557. The predicted molar refractivity (Wildman–Crippen MR) is 162 cm³/mol. The molecule has 0 nitrogen and oxygen atoms in total. The number of unbranched alkanes of at least 4 members (excludes halogenated alkanes) is 16. The molecule has 0 aliphatic heterocycles. The van der Waals surface area contributed by atoms with Crippen LogP contribution in [0.4, 0.5) is 0 Å². The largest absolute Gasteiger partial charge is 0.0985 e. The lowest BCUT2D eigenvalue weighted by Gasteiger charge is -2.28. The van der Waals surface area contributed by atoms with E-state index in [1.807, 2.05) is 6.08 Å². The third-order valence-corrected chi connectivity index (χ3v) is 12.7. The minimum atomic E-state index is -1.09. The van der Waals surface area contributed by atoms with E-state index in [2.05, 4.69) is 51.6 Å². The van der Waals surface area contributed by atoms with Crippen LogP contribution < -0.4 is 5.30 Å². The molecule has 0 radical (unpaired) electrons. The van der Waals surface area contributed by atoms with Gasteiger partial charge in [0.25, 0.3) is 0 Å². The highest BCUT2D eigenvalue weighted by molar-refractivity contribution is 7.82. The van der Waals surface area contributed by atoms with Crippen molar-refractivity contribution in [3.05, 3.63) is 36.4 Å². The van der Waals surface area contributed by atoms with Gasteiger partial charge in [-0.15, -0.1) is 0 Å². The van der Waals surface area contributed by atoms with Gasteiger partial charge in [0.2, 0.25) is 0 Å². The zero-order valence-electron chi connectivity index (χ0n) is 23.6. The van der Waals surface area contributed by atoms with Crippen molar-refractivity contribution in [1.82, 2.24) is 0 Å². The highest BCUT2D eigenvalue weighted by atomic mass is 31.2. The summed E-state index contributed by atoms with van der Waals surface area (Å²) in [5.74, 6) is 0. The molecule has 0 spiro atoms. The van der Waals surface area contributed by atoms with Crippen molar-refractivity contribution >= 4 is 18.6 Å². The van der Waals surface area contributed by atoms with Gasteiger partial charge >= 0.3 is 0 Å². The quantitative estimate of drug-likeness (QED) is 0.100. The van der Waals surface area contributed by atoms with Gasteiger partial charge in [-0.1, -0.05) is 129 Å². The number of benzene rings is 1. The Hall–Kier alpha value is -0.610. The first-order valence-corrected chi connectivity index (χ1v) is 17.7. The summed E-state index contributed by atoms with van der Waals surface area (Å²) in [6.45, 7) is 11.0. The van der Waals surface area contributed by atoms with E-state index in [-0.39, 0.29) is 0 Å². The summed E-state index contributed by atoms with van der Waals surface area (Å²) < 4.78 is 0. The lowest BCUT2D eigenvalue weighted by atomic mass is 10.1. The maximum Gasteiger partial charge on any atom is 0.0939 e. The van der Waals surface area contributed by atoms with Crippen LogP contribution in [-0.4, -0.2) is 18.5 Å². The van der Waals surface area contributed by atoms with E-state index in [0.717, 1.165) is 0 Å². The first kappa shape index (κ1) is 31.4. The molecule has 0 N–H and O–H groups in total. The van der Waals surface area contributed by atoms with Crippen molar-refractivity contribution in [3.8, 4) is 0 Å². The SMILES string of the molecule is C=Cc1ccc([P+](CCCCCCCC)(CCCCCCCC)CCCCCCCCC)cc1. The summed E-state index contributed by atoms with van der Waals surface area (Å²) in [5, 5.41) is 1.73. The molecule has 0 bridgehead atoms. The monoisotopic (exact) mass is 487 g/mol. The van der Waals surface area contributed by atoms with Gasteiger partial charge in [-0.25, -0.2) is 0 Å². The fraction of sp³-hybridized carbons (Fsp3) is 0.758. The summed E-state index contributed by atoms with van der Waals surface area (Å²) in [5.41, 5.74) is 1.27. The fourth-order valence-electron chi connectivity index (χ4n) is 5.41. The van der Waals surface area contributed by atoms with Crippen molar-refractivity contribution in [2.75, 3.05) is 18.5 Å². The first-order chi connectivity index (χ1) is 16.7. The molecule has 0 amide bonds. The van der Waals surface area contributed by atoms with Crippen molar-refractivity contribution < 1.29 is 0 Å². The Morgan fingerprint density at radius 1 is 0.500 bits per heavy atom. The maximum atomic E-state index is 3.99. The highest BCUT2D eigenvalue weighted by Gasteiger charge is 2.38. The van der Waals surface area contributed by atoms with Crippen molar-refractivity contribution in [1.29, 1.82) is 0 Å². The molecular formula is C33H60P+. The average molecular weight is 488 g/mol. The zero-order valence-corrected chi connectivity index (χ0v) is 24.5. The Balaban J connectivity index is 2.83. The van der Waals surface area contributed by atoms with Crippen molar-refractivity contribution in [2.24, 2.45) is 0 Å². The third-order valence-electron chi connectivity index (χ3n) is 7.75. The Morgan fingerprint density at radius 2 is 0.824 bits per heavy atom. The molecule has 196 valence electrons. The van der Waals surface area contributed by atoms with Gasteiger partial charge in [-0.2, -0.15) is 0 Å². The van der Waals surface area contributed by atoms with Gasteiger partial charge in [0.05, 0.1) is 23.8 Å². The molecule has 0 aromatic heterocycles. The summed E-state index contributed by atoms with van der Waals surface area (Å²) in [7, 11) is -1.09. The fourth-order valence-corrected chi connectivity index (χ4v) is 10.1. The predicted octanol–water partition coefficient (Wildman–Crippen LogP) is 11.4. The maximum absolute atomic E-state index is 3.99. The Morgan fingerprint density at radius 3 is 1.15 bits per heavy atom. The third kappa shape index (κ3) is 14.1. The molecule has 0 saturated heterocycles. The van der Waals surface area contributed by atoms with Crippen LogP contribution in [0.2, 0.25) is 0 Å². The van der Waals surface area contributed by atoms with Crippen molar-refractivity contribution in [2.45, 2.75) is 143 Å². The number of hydrogen-bond donors (Lipinski definition) is 0. The van der Waals surface area contributed by atoms with Crippen molar-refractivity contribution in [3.63, 3.8) is 0 Å². The molecule has 34 heavy (non-hydrogen) atoms. The van der Waals surface area contributed by atoms with E-state index < -0.39 is 7.26 Å². The molecular weight excluding hydrogens is 427 g/mol. The van der Waals surface area contributed by atoms with E-state index in [9.17, 15) is 0 Å². The van der Waals surface area contributed by atoms with Crippen LogP contribution in [0.5, 0.6) is 0 Å². The standard InChI is InChI=1S/C33H60P/c1-5-9-12-15-18-21-24-31-34(29-22-19-16-13-10-6-2,30-23-20-17-14-11-7-3)33-27-25-32(8-4)26-28-33/h8,25-28H,4-7,9-24,29-31H2,1-3H3/q+1. The van der Waals surface area contributed by atoms with Crippen LogP contribution in [0.15, 0.2) is 30.8 Å². The molecule has 0 aliphatic carbocycles. The van der Waals surface area contributed by atoms with Crippen LogP contribution in [-0.2, 0) is 0 Å². The molecule has 1 rings (SSSR count). The topological polar surface area (TPSA) is 0 Å². The molecule has 1 aromatic rings. The van der Waals surface area contributed by atoms with Gasteiger partial charge in [0.15, 0.2) is 0 Å². The van der Waals surface area contributed by atoms with Crippen LogP contribution in [0.3, 0.4) is 0 Å². The van der Waals surface area contributed by atoms with Crippen LogP contribution in [0.25, 0.3) is 6.08 Å². The molecule has 0 fully saturated rings. The highest BCUT2D eigenvalue weighted by Crippen LogP contribution is 2.59. The molecule has 0 aliphatic rings. The van der Waals surface area contributed by atoms with Gasteiger partial charge < -0.3 is 0 Å². The lowest BCUT2D eigenvalue weighted by molar-refractivity contribution is 0.601. The van der Waals surface area contributed by atoms with Gasteiger partial charge in [0, 0.05) is 7.26 Å². The minimum absolute atomic E-state index is 1.09. The van der Waals surface area contributed by atoms with E-state index in [1.165, 1.54) is 146 Å². The second kappa shape index (κ2) is 21.7. The second-order valence-corrected chi connectivity index (χ2v) is 14.9. The number of rotatable bonds is 24. The van der Waals surface area contributed by atoms with Gasteiger partial charge in [-0.3, -0.25) is 0 Å². The van der Waals surface area contributed by atoms with E-state index >= 15 is 0 Å². The van der Waals surface area contributed by atoms with Gasteiger partial charge in [-0.05, 0) is 56.2 Å². The molecule has 0 atom stereocenters.